The minimum Gasteiger partial charge on any atom is -0.399 e. The Morgan fingerprint density at radius 3 is 2.71 bits per heavy atom. The van der Waals surface area contributed by atoms with Crippen molar-refractivity contribution in [3.8, 4) is 0 Å². The summed E-state index contributed by atoms with van der Waals surface area (Å²) in [5.74, 6) is 0. The van der Waals surface area contributed by atoms with Gasteiger partial charge < -0.3 is 11.1 Å². The van der Waals surface area contributed by atoms with Crippen LogP contribution >= 0.6 is 0 Å². The minimum absolute atomic E-state index is 0.136. The normalized spacial score (nSPS) is 11.3. The van der Waals surface area contributed by atoms with Crippen LogP contribution in [0.2, 0.25) is 0 Å². The van der Waals surface area contributed by atoms with Gasteiger partial charge in [-0.15, -0.1) is 0 Å². The molecule has 0 atom stereocenters. The van der Waals surface area contributed by atoms with Crippen molar-refractivity contribution >= 4 is 21.4 Å². The molecular weight excluding hydrogens is 288 g/mol. The Labute approximate surface area is 124 Å². The van der Waals surface area contributed by atoms with Gasteiger partial charge in [0.25, 0.3) is 0 Å². The molecule has 0 amide bonds. The summed E-state index contributed by atoms with van der Waals surface area (Å²) >= 11 is 0. The Balaban J connectivity index is 2.31. The van der Waals surface area contributed by atoms with Crippen LogP contribution in [0.25, 0.3) is 0 Å². The number of rotatable bonds is 5. The number of nitrogen functional groups attached to an aromatic ring is 1. The molecule has 21 heavy (non-hydrogen) atoms. The van der Waals surface area contributed by atoms with E-state index in [-0.39, 0.29) is 4.90 Å². The predicted molar refractivity (Wildman–Crippen MR) is 83.4 cm³/mol. The van der Waals surface area contributed by atoms with E-state index in [9.17, 15) is 8.42 Å². The third-order valence-electron chi connectivity index (χ3n) is 3.17. The molecule has 2 aromatic rings. The summed E-state index contributed by atoms with van der Waals surface area (Å²) in [7, 11) is -2.20. The van der Waals surface area contributed by atoms with Crippen LogP contribution in [0.1, 0.15) is 11.1 Å². The molecule has 0 aliphatic carbocycles. The van der Waals surface area contributed by atoms with Crippen LogP contribution in [-0.4, -0.2) is 20.4 Å². The van der Waals surface area contributed by atoms with Gasteiger partial charge in [-0.05, 0) is 49.4 Å². The van der Waals surface area contributed by atoms with Crippen molar-refractivity contribution in [1.82, 2.24) is 9.71 Å². The van der Waals surface area contributed by atoms with Crippen LogP contribution in [0, 0.1) is 6.92 Å². The van der Waals surface area contributed by atoms with E-state index in [1.807, 2.05) is 13.0 Å². The zero-order valence-corrected chi connectivity index (χ0v) is 12.7. The van der Waals surface area contributed by atoms with Gasteiger partial charge in [0.05, 0.1) is 5.69 Å². The van der Waals surface area contributed by atoms with E-state index < -0.39 is 10.0 Å². The summed E-state index contributed by atoms with van der Waals surface area (Å²) < 4.78 is 26.4. The molecule has 0 radical (unpaired) electrons. The molecule has 4 N–H and O–H groups in total. The fraction of sp³-hybridized carbons (Fsp3) is 0.214. The van der Waals surface area contributed by atoms with Gasteiger partial charge in [-0.1, -0.05) is 0 Å². The van der Waals surface area contributed by atoms with Crippen LogP contribution in [0.4, 0.5) is 11.4 Å². The van der Waals surface area contributed by atoms with Gasteiger partial charge in [0.2, 0.25) is 10.0 Å². The van der Waals surface area contributed by atoms with Gasteiger partial charge in [-0.2, -0.15) is 0 Å². The van der Waals surface area contributed by atoms with Gasteiger partial charge >= 0.3 is 0 Å². The topological polar surface area (TPSA) is 97.1 Å². The number of benzene rings is 1. The molecule has 0 saturated carbocycles. The van der Waals surface area contributed by atoms with Crippen LogP contribution in [0.15, 0.2) is 41.6 Å². The van der Waals surface area contributed by atoms with Crippen molar-refractivity contribution in [3.63, 3.8) is 0 Å². The fourth-order valence-corrected chi connectivity index (χ4v) is 2.85. The van der Waals surface area contributed by atoms with Gasteiger partial charge in [-0.3, -0.25) is 4.98 Å². The summed E-state index contributed by atoms with van der Waals surface area (Å²) in [5, 5.41) is 3.14. The minimum atomic E-state index is -3.57. The first kappa shape index (κ1) is 15.3. The van der Waals surface area contributed by atoms with Gasteiger partial charge in [-0.25, -0.2) is 13.1 Å². The lowest BCUT2D eigenvalue weighted by Gasteiger charge is -2.13. The summed E-state index contributed by atoms with van der Waals surface area (Å²) in [6, 6.07) is 6.66. The number of nitrogens with one attached hydrogen (secondary N) is 2. The second-order valence-corrected chi connectivity index (χ2v) is 6.47. The maximum atomic E-state index is 12.0. The third-order valence-corrected chi connectivity index (χ3v) is 4.62. The summed E-state index contributed by atoms with van der Waals surface area (Å²) in [6.45, 7) is 2.46. The number of aryl methyl sites for hydroxylation is 1. The van der Waals surface area contributed by atoms with Crippen molar-refractivity contribution in [2.45, 2.75) is 18.4 Å². The molecule has 0 aliphatic heterocycles. The number of sulfonamides is 1. The quantitative estimate of drug-likeness (QED) is 0.727. The molecule has 0 fully saturated rings. The largest absolute Gasteiger partial charge is 0.399 e. The monoisotopic (exact) mass is 306 g/mol. The predicted octanol–water partition coefficient (Wildman–Crippen LogP) is 1.49. The molecule has 0 aliphatic rings. The molecule has 1 heterocycles. The second-order valence-electron chi connectivity index (χ2n) is 4.62. The Kier molecular flexibility index (Phi) is 4.44. The highest BCUT2D eigenvalue weighted by atomic mass is 32.2. The Hall–Kier alpha value is -2.12. The molecule has 1 aromatic carbocycles. The summed E-state index contributed by atoms with van der Waals surface area (Å²) in [4.78, 5) is 4.17. The lowest BCUT2D eigenvalue weighted by molar-refractivity contribution is 0.588. The maximum Gasteiger partial charge on any atom is 0.242 e. The Bertz CT molecular complexity index is 744. The molecule has 1 aromatic heterocycles. The molecule has 0 saturated heterocycles. The van der Waals surface area contributed by atoms with E-state index in [2.05, 4.69) is 15.0 Å². The first-order valence-electron chi connectivity index (χ1n) is 6.40. The van der Waals surface area contributed by atoms with Crippen LogP contribution < -0.4 is 15.8 Å². The molecule has 0 spiro atoms. The van der Waals surface area contributed by atoms with E-state index in [1.165, 1.54) is 13.1 Å². The Morgan fingerprint density at radius 1 is 1.29 bits per heavy atom. The van der Waals surface area contributed by atoms with Crippen molar-refractivity contribution in [3.05, 3.63) is 47.8 Å². The average molecular weight is 306 g/mol. The molecule has 7 heteroatoms. The number of nitrogens with zero attached hydrogens (tertiary/aromatic N) is 1. The number of hydrogen-bond donors (Lipinski definition) is 3. The molecule has 112 valence electrons. The lowest BCUT2D eigenvalue weighted by Crippen LogP contribution is -2.20. The van der Waals surface area contributed by atoms with Crippen LogP contribution in [0.5, 0.6) is 0 Å². The molecule has 6 nitrogen and oxygen atoms in total. The summed E-state index contributed by atoms with van der Waals surface area (Å²) in [5.41, 5.74) is 8.68. The zero-order valence-electron chi connectivity index (χ0n) is 11.9. The Morgan fingerprint density at radius 2 is 2.05 bits per heavy atom. The maximum absolute atomic E-state index is 12.0. The third kappa shape index (κ3) is 3.50. The SMILES string of the molecule is CNS(=O)(=O)c1cc(N)ccc1NCc1ccncc1C. The second kappa shape index (κ2) is 6.11. The fourth-order valence-electron chi connectivity index (χ4n) is 1.91. The van der Waals surface area contributed by atoms with E-state index >= 15 is 0 Å². The van der Waals surface area contributed by atoms with E-state index in [0.29, 0.717) is 17.9 Å². The molecule has 0 bridgehead atoms. The molecular formula is C14H18N4O2S. The van der Waals surface area contributed by atoms with Crippen LogP contribution in [0.3, 0.4) is 0 Å². The standard InChI is InChI=1S/C14H18N4O2S/c1-10-8-17-6-5-11(10)9-18-13-4-3-12(15)7-14(13)21(19,20)16-2/h3-8,16,18H,9,15H2,1-2H3. The molecule has 0 unspecified atom stereocenters. The molecule has 2 rings (SSSR count). The van der Waals surface area contributed by atoms with Crippen molar-refractivity contribution in [2.24, 2.45) is 0 Å². The highest BCUT2D eigenvalue weighted by Crippen LogP contribution is 2.24. The van der Waals surface area contributed by atoms with E-state index in [1.54, 1.807) is 24.5 Å². The van der Waals surface area contributed by atoms with Gasteiger partial charge in [0, 0.05) is 24.6 Å². The number of anilines is 2. The van der Waals surface area contributed by atoms with Gasteiger partial charge in [0.15, 0.2) is 0 Å². The number of aromatic nitrogens is 1. The van der Waals surface area contributed by atoms with Crippen molar-refractivity contribution < 1.29 is 8.42 Å². The summed E-state index contributed by atoms with van der Waals surface area (Å²) in [6.07, 6.45) is 3.48. The van der Waals surface area contributed by atoms with Gasteiger partial charge in [0.1, 0.15) is 4.90 Å². The number of pyridine rings is 1. The lowest BCUT2D eigenvalue weighted by atomic mass is 10.1. The van der Waals surface area contributed by atoms with Crippen molar-refractivity contribution in [1.29, 1.82) is 0 Å². The van der Waals surface area contributed by atoms with Crippen LogP contribution in [-0.2, 0) is 16.6 Å². The first-order valence-corrected chi connectivity index (χ1v) is 7.89. The highest BCUT2D eigenvalue weighted by molar-refractivity contribution is 7.89. The van der Waals surface area contributed by atoms with E-state index in [4.69, 9.17) is 5.73 Å². The number of nitrogens with two attached hydrogens (primary N) is 1. The van der Waals surface area contributed by atoms with Crippen molar-refractivity contribution in [2.75, 3.05) is 18.1 Å². The smallest absolute Gasteiger partial charge is 0.242 e. The number of hydrogen-bond acceptors (Lipinski definition) is 5. The highest BCUT2D eigenvalue weighted by Gasteiger charge is 2.17. The average Bonchev–Trinajstić information content (AvgIpc) is 2.47. The van der Waals surface area contributed by atoms with E-state index in [0.717, 1.165) is 11.1 Å². The first-order chi connectivity index (χ1) is 9.94. The zero-order chi connectivity index (χ0) is 15.5.